The number of piperidine rings is 1. The van der Waals surface area contributed by atoms with Crippen molar-refractivity contribution in [3.8, 4) is 17.2 Å². The first-order chi connectivity index (χ1) is 13.5. The van der Waals surface area contributed by atoms with Crippen LogP contribution in [0.5, 0.6) is 0 Å². The van der Waals surface area contributed by atoms with Crippen molar-refractivity contribution in [1.82, 2.24) is 14.8 Å². The summed E-state index contributed by atoms with van der Waals surface area (Å²) in [5.41, 5.74) is 3.50. The number of fused-ring (bicyclic) bond motifs is 4. The first-order valence-electron chi connectivity index (χ1n) is 9.76. The second-order valence-electron chi connectivity index (χ2n) is 8.08. The molecule has 2 aliphatic rings. The number of carbonyl (C=O) groups is 1. The van der Waals surface area contributed by atoms with Gasteiger partial charge in [0.15, 0.2) is 0 Å². The van der Waals surface area contributed by atoms with Gasteiger partial charge in [0, 0.05) is 48.9 Å². The van der Waals surface area contributed by atoms with Crippen molar-refractivity contribution in [2.75, 3.05) is 13.1 Å². The normalized spacial score (nSPS) is 20.4. The van der Waals surface area contributed by atoms with E-state index in [0.717, 1.165) is 23.2 Å². The molecule has 2 aliphatic heterocycles. The molecule has 0 unspecified atom stereocenters. The SMILES string of the molecule is CC(C)NC(=O)N1C[C@@H]2C[C@H](C1)c1c(-c3cccc(C#N)c3)ccc(=O)n1C2. The predicted molar refractivity (Wildman–Crippen MR) is 107 cm³/mol. The summed E-state index contributed by atoms with van der Waals surface area (Å²) >= 11 is 0. The number of amides is 2. The third kappa shape index (κ3) is 3.29. The average molecular weight is 376 g/mol. The Bertz CT molecular complexity index is 1020. The summed E-state index contributed by atoms with van der Waals surface area (Å²) in [6, 6.07) is 13.2. The van der Waals surface area contributed by atoms with Crippen LogP contribution in [0.3, 0.4) is 0 Å². The Balaban J connectivity index is 1.76. The lowest BCUT2D eigenvalue weighted by atomic mass is 9.80. The van der Waals surface area contributed by atoms with Gasteiger partial charge < -0.3 is 14.8 Å². The first kappa shape index (κ1) is 18.3. The topological polar surface area (TPSA) is 78.1 Å². The van der Waals surface area contributed by atoms with E-state index >= 15 is 0 Å². The summed E-state index contributed by atoms with van der Waals surface area (Å²) in [5, 5.41) is 12.2. The van der Waals surface area contributed by atoms with Crippen molar-refractivity contribution in [3.05, 3.63) is 58.0 Å². The number of hydrogen-bond donors (Lipinski definition) is 1. The molecule has 144 valence electrons. The maximum absolute atomic E-state index is 12.6. The van der Waals surface area contributed by atoms with Gasteiger partial charge in [-0.15, -0.1) is 0 Å². The fourth-order valence-corrected chi connectivity index (χ4v) is 4.52. The van der Waals surface area contributed by atoms with Crippen molar-refractivity contribution >= 4 is 6.03 Å². The molecule has 0 radical (unpaired) electrons. The number of carbonyl (C=O) groups excluding carboxylic acids is 1. The highest BCUT2D eigenvalue weighted by Crippen LogP contribution is 2.40. The fourth-order valence-electron chi connectivity index (χ4n) is 4.52. The molecule has 28 heavy (non-hydrogen) atoms. The van der Waals surface area contributed by atoms with Gasteiger partial charge in [-0.25, -0.2) is 4.79 Å². The van der Waals surface area contributed by atoms with E-state index in [4.69, 9.17) is 0 Å². The second kappa shape index (κ2) is 7.16. The molecule has 1 fully saturated rings. The summed E-state index contributed by atoms with van der Waals surface area (Å²) in [5.74, 6) is 0.391. The van der Waals surface area contributed by atoms with Crippen LogP contribution < -0.4 is 10.9 Å². The van der Waals surface area contributed by atoms with Crippen LogP contribution in [0.1, 0.15) is 37.4 Å². The smallest absolute Gasteiger partial charge is 0.317 e. The van der Waals surface area contributed by atoms with Crippen molar-refractivity contribution in [1.29, 1.82) is 5.26 Å². The van der Waals surface area contributed by atoms with E-state index in [9.17, 15) is 14.9 Å². The minimum atomic E-state index is -0.0375. The number of nitrogens with zero attached hydrogens (tertiary/aromatic N) is 3. The lowest BCUT2D eigenvalue weighted by Crippen LogP contribution is -2.53. The molecule has 1 saturated heterocycles. The van der Waals surface area contributed by atoms with E-state index in [2.05, 4.69) is 11.4 Å². The fraction of sp³-hybridized carbons (Fsp3) is 0.409. The number of rotatable bonds is 2. The molecule has 6 heteroatoms. The highest BCUT2D eigenvalue weighted by atomic mass is 16.2. The van der Waals surface area contributed by atoms with Crippen LogP contribution >= 0.6 is 0 Å². The van der Waals surface area contributed by atoms with Crippen LogP contribution in [0, 0.1) is 17.2 Å². The number of aromatic nitrogens is 1. The van der Waals surface area contributed by atoms with Crippen molar-refractivity contribution in [2.24, 2.45) is 5.92 Å². The van der Waals surface area contributed by atoms with Crippen LogP contribution in [0.2, 0.25) is 0 Å². The lowest BCUT2D eigenvalue weighted by molar-refractivity contribution is 0.130. The monoisotopic (exact) mass is 376 g/mol. The number of nitrogens with one attached hydrogen (secondary N) is 1. The summed E-state index contributed by atoms with van der Waals surface area (Å²) in [4.78, 5) is 27.0. The molecule has 4 rings (SSSR count). The van der Waals surface area contributed by atoms with E-state index in [-0.39, 0.29) is 29.5 Å². The van der Waals surface area contributed by atoms with E-state index < -0.39 is 0 Å². The Labute approximate surface area is 164 Å². The van der Waals surface area contributed by atoms with Crippen molar-refractivity contribution in [2.45, 2.75) is 38.8 Å². The van der Waals surface area contributed by atoms with Gasteiger partial charge in [-0.1, -0.05) is 12.1 Å². The number of pyridine rings is 1. The Morgan fingerprint density at radius 1 is 1.21 bits per heavy atom. The molecular weight excluding hydrogens is 352 g/mol. The molecule has 1 N–H and O–H groups in total. The molecular formula is C22H24N4O2. The summed E-state index contributed by atoms with van der Waals surface area (Å²) < 4.78 is 1.88. The maximum Gasteiger partial charge on any atom is 0.317 e. The average Bonchev–Trinajstić information content (AvgIpc) is 2.68. The Morgan fingerprint density at radius 3 is 2.79 bits per heavy atom. The molecule has 0 aliphatic carbocycles. The minimum absolute atomic E-state index is 0.00460. The summed E-state index contributed by atoms with van der Waals surface area (Å²) in [6.07, 6.45) is 0.972. The highest BCUT2D eigenvalue weighted by Gasteiger charge is 2.37. The largest absolute Gasteiger partial charge is 0.336 e. The summed E-state index contributed by atoms with van der Waals surface area (Å²) in [7, 11) is 0. The third-order valence-electron chi connectivity index (χ3n) is 5.59. The van der Waals surface area contributed by atoms with Gasteiger partial charge in [0.25, 0.3) is 5.56 Å². The van der Waals surface area contributed by atoms with Gasteiger partial charge in [0.2, 0.25) is 0 Å². The van der Waals surface area contributed by atoms with Crippen molar-refractivity contribution in [3.63, 3.8) is 0 Å². The van der Waals surface area contributed by atoms with E-state index in [0.29, 0.717) is 25.2 Å². The van der Waals surface area contributed by atoms with E-state index in [1.54, 1.807) is 12.1 Å². The van der Waals surface area contributed by atoms with Gasteiger partial charge in [0.1, 0.15) is 0 Å². The number of nitriles is 1. The molecule has 0 saturated carbocycles. The quantitative estimate of drug-likeness (QED) is 0.875. The van der Waals surface area contributed by atoms with Gasteiger partial charge in [0.05, 0.1) is 11.6 Å². The van der Waals surface area contributed by atoms with Crippen molar-refractivity contribution < 1.29 is 4.79 Å². The van der Waals surface area contributed by atoms with Crippen LogP contribution in [0.4, 0.5) is 4.79 Å². The van der Waals surface area contributed by atoms with Gasteiger partial charge in [-0.05, 0) is 49.9 Å². The summed E-state index contributed by atoms with van der Waals surface area (Å²) in [6.45, 7) is 5.82. The lowest BCUT2D eigenvalue weighted by Gasteiger charge is -2.43. The minimum Gasteiger partial charge on any atom is -0.336 e. The van der Waals surface area contributed by atoms with E-state index in [1.807, 2.05) is 47.6 Å². The number of likely N-dealkylation sites (tertiary alicyclic amines) is 1. The zero-order valence-corrected chi connectivity index (χ0v) is 16.2. The molecule has 1 aromatic carbocycles. The Hall–Kier alpha value is -3.07. The molecule has 0 spiro atoms. The van der Waals surface area contributed by atoms with Gasteiger partial charge >= 0.3 is 6.03 Å². The third-order valence-corrected chi connectivity index (χ3v) is 5.59. The zero-order chi connectivity index (χ0) is 19.8. The highest BCUT2D eigenvalue weighted by molar-refractivity contribution is 5.75. The van der Waals surface area contributed by atoms with Crippen LogP contribution in [0.15, 0.2) is 41.2 Å². The molecule has 2 bridgehead atoms. The van der Waals surface area contributed by atoms with Crippen LogP contribution in [-0.4, -0.2) is 34.6 Å². The molecule has 3 heterocycles. The molecule has 2 aromatic rings. The number of urea groups is 1. The number of hydrogen-bond acceptors (Lipinski definition) is 3. The standard InChI is InChI=1S/C22H24N4O2/c1-14(2)24-22(28)25-11-16-9-18(13-25)21-19(6-7-20(27)26(21)12-16)17-5-3-4-15(8-17)10-23/h3-8,14,16,18H,9,11-13H2,1-2H3,(H,24,28)/t16-,18+/m0/s1. The zero-order valence-electron chi connectivity index (χ0n) is 16.2. The Kier molecular flexibility index (Phi) is 4.68. The molecule has 1 aromatic heterocycles. The predicted octanol–water partition coefficient (Wildman–Crippen LogP) is 2.92. The molecule has 2 atom stereocenters. The molecule has 6 nitrogen and oxygen atoms in total. The van der Waals surface area contributed by atoms with Gasteiger partial charge in [-0.2, -0.15) is 5.26 Å². The first-order valence-corrected chi connectivity index (χ1v) is 9.76. The van der Waals surface area contributed by atoms with Crippen LogP contribution in [0.25, 0.3) is 11.1 Å². The molecule has 2 amide bonds. The van der Waals surface area contributed by atoms with Gasteiger partial charge in [-0.3, -0.25) is 4.79 Å². The second-order valence-corrected chi connectivity index (χ2v) is 8.08. The maximum atomic E-state index is 12.6. The van der Waals surface area contributed by atoms with E-state index in [1.165, 1.54) is 0 Å². The van der Waals surface area contributed by atoms with Crippen LogP contribution in [-0.2, 0) is 6.54 Å². The number of benzene rings is 1. The Morgan fingerprint density at radius 2 is 2.04 bits per heavy atom.